The van der Waals surface area contributed by atoms with Crippen LogP contribution in [0.2, 0.25) is 0 Å². The molecular formula is C30H33FN3O5S+. The Bertz CT molecular complexity index is 1640. The smallest absolute Gasteiger partial charge is 0.255 e. The summed E-state index contributed by atoms with van der Waals surface area (Å²) in [6.07, 6.45) is 3.73. The van der Waals surface area contributed by atoms with Crippen LogP contribution >= 0.6 is 0 Å². The number of carbonyl (C=O) groups excluding carboxylic acids is 1. The lowest BCUT2D eigenvalue weighted by molar-refractivity contribution is -0.371. The molecule has 1 aliphatic rings. The third kappa shape index (κ3) is 5.41. The van der Waals surface area contributed by atoms with Gasteiger partial charge in [-0.15, -0.1) is 0 Å². The van der Waals surface area contributed by atoms with E-state index in [2.05, 4.69) is 11.1 Å². The second-order valence-electron chi connectivity index (χ2n) is 10.1. The van der Waals surface area contributed by atoms with Crippen LogP contribution in [0.25, 0.3) is 22.3 Å². The number of quaternary nitrogens is 1. The van der Waals surface area contributed by atoms with Gasteiger partial charge in [0.2, 0.25) is 10.0 Å². The first-order valence-corrected chi connectivity index (χ1v) is 15.1. The minimum Gasteiger partial charge on any atom is -0.457 e. The Morgan fingerprint density at radius 2 is 1.75 bits per heavy atom. The highest BCUT2D eigenvalue weighted by molar-refractivity contribution is 7.92. The summed E-state index contributed by atoms with van der Waals surface area (Å²) < 4.78 is 52.9. The largest absolute Gasteiger partial charge is 0.457 e. The number of benzene rings is 3. The molecule has 0 spiro atoms. The van der Waals surface area contributed by atoms with Crippen LogP contribution in [-0.2, 0) is 10.0 Å². The molecule has 210 valence electrons. The number of amides is 1. The molecule has 1 atom stereocenters. The minimum absolute atomic E-state index is 0.213. The number of ether oxygens (including phenoxy) is 1. The lowest BCUT2D eigenvalue weighted by atomic mass is 10.00. The fourth-order valence-corrected chi connectivity index (χ4v) is 6.37. The number of hydrogen-bond donors (Lipinski definition) is 2. The van der Waals surface area contributed by atoms with Gasteiger partial charge in [-0.25, -0.2) is 12.8 Å². The molecule has 1 aromatic heterocycles. The summed E-state index contributed by atoms with van der Waals surface area (Å²) in [5, 5.41) is 3.34. The van der Waals surface area contributed by atoms with Gasteiger partial charge in [0, 0.05) is 24.1 Å². The zero-order valence-corrected chi connectivity index (χ0v) is 23.6. The Morgan fingerprint density at radius 1 is 1.12 bits per heavy atom. The average molecular weight is 567 g/mol. The van der Waals surface area contributed by atoms with E-state index >= 15 is 0 Å². The molecule has 5 rings (SSSR count). The van der Waals surface area contributed by atoms with Crippen LogP contribution in [-0.4, -0.2) is 40.2 Å². The summed E-state index contributed by atoms with van der Waals surface area (Å²) in [4.78, 5) is 13.2. The highest BCUT2D eigenvalue weighted by Gasteiger charge is 2.35. The number of sulfonamides is 1. The third-order valence-electron chi connectivity index (χ3n) is 7.21. The first kappa shape index (κ1) is 27.7. The Labute approximate surface area is 233 Å². The van der Waals surface area contributed by atoms with E-state index in [1.165, 1.54) is 22.7 Å². The number of fused-ring (bicyclic) bond motifs is 1. The topological polar surface area (TPSA) is 116 Å². The van der Waals surface area contributed by atoms with Crippen molar-refractivity contribution in [2.24, 2.45) is 0 Å². The van der Waals surface area contributed by atoms with Gasteiger partial charge < -0.3 is 20.2 Å². The zero-order chi connectivity index (χ0) is 28.6. The van der Waals surface area contributed by atoms with E-state index in [1.807, 2.05) is 13.0 Å². The first-order chi connectivity index (χ1) is 19.1. The predicted octanol–water partition coefficient (Wildman–Crippen LogP) is 5.05. The van der Waals surface area contributed by atoms with Crippen LogP contribution in [0.4, 0.5) is 10.1 Å². The van der Waals surface area contributed by atoms with Gasteiger partial charge in [0.25, 0.3) is 5.91 Å². The summed E-state index contributed by atoms with van der Waals surface area (Å²) in [6.45, 7) is 2.37. The van der Waals surface area contributed by atoms with E-state index in [0.717, 1.165) is 18.4 Å². The Balaban J connectivity index is 1.63. The fourth-order valence-electron chi connectivity index (χ4n) is 5.06. The van der Waals surface area contributed by atoms with Gasteiger partial charge in [-0.1, -0.05) is 6.92 Å². The van der Waals surface area contributed by atoms with Crippen LogP contribution in [0.15, 0.2) is 65.1 Å². The van der Waals surface area contributed by atoms with Crippen LogP contribution < -0.4 is 20.1 Å². The zero-order valence-electron chi connectivity index (χ0n) is 22.7. The van der Waals surface area contributed by atoms with Crippen molar-refractivity contribution < 1.29 is 32.5 Å². The second kappa shape index (κ2) is 10.9. The number of carbonyl (C=O) groups is 1. The van der Waals surface area contributed by atoms with Crippen molar-refractivity contribution >= 4 is 32.6 Å². The molecule has 1 unspecified atom stereocenters. The van der Waals surface area contributed by atoms with Gasteiger partial charge in [0.1, 0.15) is 28.7 Å². The van der Waals surface area contributed by atoms with Crippen LogP contribution in [0.3, 0.4) is 0 Å². The molecule has 1 saturated carbocycles. The van der Waals surface area contributed by atoms with Crippen molar-refractivity contribution in [1.82, 2.24) is 5.32 Å². The number of rotatable bonds is 10. The van der Waals surface area contributed by atoms with Crippen LogP contribution in [0, 0.1) is 5.82 Å². The van der Waals surface area contributed by atoms with E-state index in [4.69, 9.17) is 9.15 Å². The van der Waals surface area contributed by atoms with E-state index in [0.29, 0.717) is 58.0 Å². The molecule has 4 aromatic rings. The molecule has 0 saturated heterocycles. The van der Waals surface area contributed by atoms with Crippen molar-refractivity contribution in [3.63, 3.8) is 0 Å². The monoisotopic (exact) mass is 566 g/mol. The molecule has 1 aliphatic carbocycles. The highest BCUT2D eigenvalue weighted by atomic mass is 32.2. The van der Waals surface area contributed by atoms with Crippen molar-refractivity contribution in [1.29, 1.82) is 0 Å². The summed E-state index contributed by atoms with van der Waals surface area (Å²) in [5.74, 6) is 0.958. The summed E-state index contributed by atoms with van der Waals surface area (Å²) in [7, 11) is -2.05. The van der Waals surface area contributed by atoms with Crippen molar-refractivity contribution in [2.75, 3.05) is 24.2 Å². The number of furan rings is 1. The number of anilines is 1. The average Bonchev–Trinajstić information content (AvgIpc) is 3.72. The van der Waals surface area contributed by atoms with Crippen molar-refractivity contribution in [2.45, 2.75) is 38.1 Å². The molecule has 3 aromatic carbocycles. The molecule has 0 radical (unpaired) electrons. The van der Waals surface area contributed by atoms with Gasteiger partial charge in [0.15, 0.2) is 0 Å². The first-order valence-electron chi connectivity index (χ1n) is 13.3. The molecule has 8 nitrogen and oxygen atoms in total. The Kier molecular flexibility index (Phi) is 7.57. The lowest BCUT2D eigenvalue weighted by Gasteiger charge is -2.30. The van der Waals surface area contributed by atoms with Gasteiger partial charge in [-0.2, -0.15) is 0 Å². The van der Waals surface area contributed by atoms with Gasteiger partial charge in [-0.05, 0) is 85.3 Å². The van der Waals surface area contributed by atoms with E-state index < -0.39 is 10.0 Å². The highest BCUT2D eigenvalue weighted by Crippen LogP contribution is 2.48. The number of nitrogens with zero attached hydrogens (tertiary/aromatic N) is 1. The summed E-state index contributed by atoms with van der Waals surface area (Å²) in [6, 6.07) is 16.1. The van der Waals surface area contributed by atoms with Gasteiger partial charge in [0.05, 0.1) is 30.1 Å². The molecule has 0 bridgehead atoms. The number of nitrogens with one attached hydrogen (secondary N) is 1. The molecular weight excluding hydrogens is 533 g/mol. The third-order valence-corrected chi connectivity index (χ3v) is 8.41. The molecule has 1 fully saturated rings. The van der Waals surface area contributed by atoms with Crippen LogP contribution in [0.1, 0.15) is 48.0 Å². The maximum atomic E-state index is 13.2. The summed E-state index contributed by atoms with van der Waals surface area (Å²) >= 11 is 0. The van der Waals surface area contributed by atoms with Crippen molar-refractivity contribution in [3.05, 3.63) is 77.6 Å². The summed E-state index contributed by atoms with van der Waals surface area (Å²) in [5.41, 5.74) is 6.93. The van der Waals surface area contributed by atoms with E-state index in [1.54, 1.807) is 49.5 Å². The Hall–Kier alpha value is -3.89. The quantitative estimate of drug-likeness (QED) is 0.279. The number of hydrogen-bond acceptors (Lipinski definition) is 5. The molecule has 4 N–H and O–H groups in total. The standard InChI is InChI=1S/C30H32FN3O5S/c1-4-21(17-32)34(40(3,36)37)26-16-27-25(15-24(26)18-5-6-18)28(30(35)33-2)29(39-27)19-7-11-22(12-8-19)38-23-13-9-20(31)10-14-23/h7-16,18,21H,4-6,17,32H2,1-3H3,(H,33,35)/p+1. The second-order valence-corrected chi connectivity index (χ2v) is 11.9. The minimum atomic E-state index is -3.61. The lowest BCUT2D eigenvalue weighted by Crippen LogP contribution is -2.61. The molecule has 1 heterocycles. The molecule has 10 heteroatoms. The maximum Gasteiger partial charge on any atom is 0.255 e. The van der Waals surface area contributed by atoms with E-state index in [-0.39, 0.29) is 23.7 Å². The molecule has 0 aliphatic heterocycles. The number of halogens is 1. The maximum absolute atomic E-state index is 13.2. The Morgan fingerprint density at radius 3 is 2.27 bits per heavy atom. The molecule has 40 heavy (non-hydrogen) atoms. The fraction of sp³-hybridized carbons (Fsp3) is 0.300. The predicted molar refractivity (Wildman–Crippen MR) is 153 cm³/mol. The van der Waals surface area contributed by atoms with Gasteiger partial charge in [-0.3, -0.25) is 9.10 Å². The molecule has 1 amide bonds. The van der Waals surface area contributed by atoms with Gasteiger partial charge >= 0.3 is 0 Å². The van der Waals surface area contributed by atoms with Crippen LogP contribution in [0.5, 0.6) is 11.5 Å². The van der Waals surface area contributed by atoms with Crippen molar-refractivity contribution in [3.8, 4) is 22.8 Å². The SMILES string of the molecule is CCC(C[NH3+])N(c1cc2oc(-c3ccc(Oc4ccc(F)cc4)cc3)c(C(=O)NC)c2cc1C1CC1)S(C)(=O)=O. The normalized spacial score (nSPS) is 14.2. The van der Waals surface area contributed by atoms with E-state index in [9.17, 15) is 17.6 Å².